The zero-order valence-electron chi connectivity index (χ0n) is 22.8. The lowest BCUT2D eigenvalue weighted by molar-refractivity contribution is 0.0974. The van der Waals surface area contributed by atoms with Crippen LogP contribution >= 0.6 is 0 Å². The van der Waals surface area contributed by atoms with Crippen LogP contribution in [0, 0.1) is 29.6 Å². The largest absolute Gasteiger partial charge is 0.507 e. The highest BCUT2D eigenvalue weighted by Crippen LogP contribution is 2.70. The van der Waals surface area contributed by atoms with Crippen molar-refractivity contribution in [2.24, 2.45) is 5.92 Å². The number of anilines is 1. The third kappa shape index (κ3) is 3.29. The van der Waals surface area contributed by atoms with Crippen molar-refractivity contribution in [3.05, 3.63) is 82.5 Å². The maximum atomic E-state index is 14.4. The monoisotopic (exact) mass is 549 g/mol. The van der Waals surface area contributed by atoms with Gasteiger partial charge in [0.15, 0.2) is 23.3 Å². The van der Waals surface area contributed by atoms with Gasteiger partial charge in [0.05, 0.1) is 16.8 Å². The van der Waals surface area contributed by atoms with Crippen LogP contribution in [0.4, 0.5) is 10.5 Å². The number of ether oxygens (including phenoxy) is 2. The number of ketones is 2. The van der Waals surface area contributed by atoms with Crippen molar-refractivity contribution in [3.63, 3.8) is 0 Å². The van der Waals surface area contributed by atoms with Crippen LogP contribution in [0.2, 0.25) is 0 Å². The fourth-order valence-electron chi connectivity index (χ4n) is 6.63. The number of aliphatic hydroxyl groups is 1. The third-order valence-electron chi connectivity index (χ3n) is 8.36. The average molecular weight is 550 g/mol. The molecule has 2 bridgehead atoms. The number of rotatable bonds is 4. The molecule has 0 spiro atoms. The Kier molecular flexibility index (Phi) is 5.97. The number of nitrogens with zero attached hydrogens (tertiary/aromatic N) is 1. The second kappa shape index (κ2) is 9.21. The van der Waals surface area contributed by atoms with Gasteiger partial charge in [0.1, 0.15) is 24.0 Å². The summed E-state index contributed by atoms with van der Waals surface area (Å²) < 4.78 is 12.0. The molecule has 1 fully saturated rings. The van der Waals surface area contributed by atoms with Crippen LogP contribution in [0.3, 0.4) is 0 Å². The first-order chi connectivity index (χ1) is 19.7. The van der Waals surface area contributed by atoms with E-state index in [0.29, 0.717) is 12.0 Å². The molecule has 0 saturated carbocycles. The molecule has 2 aliphatic heterocycles. The number of hydrogen-bond acceptors (Lipinski definition) is 7. The number of carbonyl (C=O) groups excluding carboxylic acids is 3. The SMILES string of the molecule is C=CCOC(=O)N1c2c(cc(O)c3c2C(=O)c2c(CC)cccc2C3=O)[C@@]23O[C@@]2(C(C)C)[C@@H]1C#C/C=C\C#C[C@@H]3O. The Labute approximate surface area is 237 Å². The number of fused-ring (bicyclic) bond motifs is 4. The maximum absolute atomic E-state index is 14.4. The number of carbonyl (C=O) groups is 3. The van der Waals surface area contributed by atoms with E-state index in [9.17, 15) is 24.6 Å². The van der Waals surface area contributed by atoms with E-state index in [-0.39, 0.29) is 46.0 Å². The van der Waals surface area contributed by atoms with Crippen molar-refractivity contribution in [1.29, 1.82) is 0 Å². The number of amides is 1. The average Bonchev–Trinajstić information content (AvgIpc) is 3.69. The molecule has 1 amide bonds. The van der Waals surface area contributed by atoms with Gasteiger partial charge in [-0.3, -0.25) is 14.5 Å². The van der Waals surface area contributed by atoms with Crippen LogP contribution in [0.1, 0.15) is 63.7 Å². The summed E-state index contributed by atoms with van der Waals surface area (Å²) in [5.41, 5.74) is -2.07. The Morgan fingerprint density at radius 1 is 1.17 bits per heavy atom. The first kappa shape index (κ1) is 26.6. The molecule has 2 N–H and O–H groups in total. The molecule has 206 valence electrons. The molecule has 2 aromatic rings. The van der Waals surface area contributed by atoms with Crippen LogP contribution in [0.25, 0.3) is 0 Å². The second-order valence-corrected chi connectivity index (χ2v) is 10.6. The van der Waals surface area contributed by atoms with Gasteiger partial charge in [0, 0.05) is 16.7 Å². The topological polar surface area (TPSA) is 117 Å². The Bertz CT molecular complexity index is 1730. The highest BCUT2D eigenvalue weighted by Gasteiger charge is 2.83. The van der Waals surface area contributed by atoms with Gasteiger partial charge in [-0.15, -0.1) is 0 Å². The lowest BCUT2D eigenvalue weighted by atomic mass is 9.66. The molecular formula is C33H27NO7. The van der Waals surface area contributed by atoms with Crippen molar-refractivity contribution < 1.29 is 34.1 Å². The molecule has 2 heterocycles. The standard InChI is InChI=1S/C33H27NO7/c1-5-16-40-31(39)34-23-14-9-7-8-10-15-24(36)33(32(23,41-33)18(3)4)21-17-22(35)26-27(28(21)34)30(38)25-19(6-2)12-11-13-20(25)29(26)37/h5,7-8,11-13,17-18,23-24,35-36H,1,6,16H2,2-4H3/b8-7-/t23-,24-,32-,33-/m0/s1. The number of epoxide rings is 1. The molecule has 8 heteroatoms. The predicted octanol–water partition coefficient (Wildman–Crippen LogP) is 3.80. The summed E-state index contributed by atoms with van der Waals surface area (Å²) in [7, 11) is 0. The molecule has 6 rings (SSSR count). The summed E-state index contributed by atoms with van der Waals surface area (Å²) in [5, 5.41) is 22.9. The molecule has 4 atom stereocenters. The molecule has 4 aliphatic rings. The van der Waals surface area contributed by atoms with Crippen LogP contribution in [0.15, 0.2) is 49.1 Å². The van der Waals surface area contributed by atoms with E-state index in [4.69, 9.17) is 9.47 Å². The van der Waals surface area contributed by atoms with Gasteiger partial charge in [-0.1, -0.05) is 75.3 Å². The van der Waals surface area contributed by atoms with E-state index < -0.39 is 46.8 Å². The minimum absolute atomic E-state index is 0.000228. The summed E-state index contributed by atoms with van der Waals surface area (Å²) in [4.78, 5) is 43.4. The highest BCUT2D eigenvalue weighted by atomic mass is 16.6. The number of benzene rings is 2. The number of aryl methyl sites for hydroxylation is 1. The molecule has 1 saturated heterocycles. The Balaban J connectivity index is 1.76. The fourth-order valence-corrected chi connectivity index (χ4v) is 6.63. The van der Waals surface area contributed by atoms with E-state index in [1.807, 2.05) is 20.8 Å². The molecule has 0 radical (unpaired) electrons. The highest BCUT2D eigenvalue weighted by molar-refractivity contribution is 6.32. The Morgan fingerprint density at radius 2 is 1.90 bits per heavy atom. The zero-order valence-corrected chi connectivity index (χ0v) is 22.8. The van der Waals surface area contributed by atoms with Crippen molar-refractivity contribution in [1.82, 2.24) is 0 Å². The Morgan fingerprint density at radius 3 is 2.59 bits per heavy atom. The van der Waals surface area contributed by atoms with Crippen LogP contribution in [-0.4, -0.2) is 52.2 Å². The lowest BCUT2D eigenvalue weighted by Gasteiger charge is -2.43. The summed E-state index contributed by atoms with van der Waals surface area (Å²) >= 11 is 0. The number of allylic oxidation sites excluding steroid dienone is 2. The van der Waals surface area contributed by atoms with Gasteiger partial charge in [-0.05, 0) is 36.1 Å². The summed E-state index contributed by atoms with van der Waals surface area (Å²) in [6.07, 6.45) is 2.58. The first-order valence-electron chi connectivity index (χ1n) is 13.4. The third-order valence-corrected chi connectivity index (χ3v) is 8.36. The second-order valence-electron chi connectivity index (χ2n) is 10.6. The van der Waals surface area contributed by atoms with Crippen molar-refractivity contribution in [2.45, 2.75) is 50.5 Å². The zero-order chi connectivity index (χ0) is 29.3. The van der Waals surface area contributed by atoms with Crippen molar-refractivity contribution in [3.8, 4) is 29.4 Å². The van der Waals surface area contributed by atoms with E-state index in [2.05, 4.69) is 30.3 Å². The smallest absolute Gasteiger partial charge is 0.415 e. The van der Waals surface area contributed by atoms with Gasteiger partial charge in [-0.25, -0.2) is 4.79 Å². The number of phenolic OH excluding ortho intramolecular Hbond substituents is 1. The van der Waals surface area contributed by atoms with Crippen LogP contribution < -0.4 is 4.90 Å². The lowest BCUT2D eigenvalue weighted by Crippen LogP contribution is -2.59. The first-order valence-corrected chi connectivity index (χ1v) is 13.4. The number of aliphatic hydroxyl groups excluding tert-OH is 1. The van der Waals surface area contributed by atoms with Crippen LogP contribution in [-0.2, 0) is 21.5 Å². The predicted molar refractivity (Wildman–Crippen MR) is 150 cm³/mol. The minimum Gasteiger partial charge on any atom is -0.507 e. The summed E-state index contributed by atoms with van der Waals surface area (Å²) in [5.74, 6) is 9.67. The molecular weight excluding hydrogens is 522 g/mol. The van der Waals surface area contributed by atoms with Gasteiger partial charge in [-0.2, -0.15) is 0 Å². The minimum atomic E-state index is -1.57. The van der Waals surface area contributed by atoms with E-state index in [1.165, 1.54) is 29.2 Å². The van der Waals surface area contributed by atoms with Gasteiger partial charge < -0.3 is 19.7 Å². The molecule has 0 aromatic heterocycles. The molecule has 41 heavy (non-hydrogen) atoms. The molecule has 8 nitrogen and oxygen atoms in total. The summed E-state index contributed by atoms with van der Waals surface area (Å²) in [6.45, 7) is 9.10. The van der Waals surface area contributed by atoms with E-state index >= 15 is 0 Å². The molecule has 0 unspecified atom stereocenters. The van der Waals surface area contributed by atoms with E-state index in [1.54, 1.807) is 18.2 Å². The maximum Gasteiger partial charge on any atom is 0.415 e. The molecule has 2 aliphatic carbocycles. The van der Waals surface area contributed by atoms with Gasteiger partial charge >= 0.3 is 6.09 Å². The number of hydrogen-bond donors (Lipinski definition) is 2. The number of phenols is 1. The van der Waals surface area contributed by atoms with Gasteiger partial charge in [0.2, 0.25) is 0 Å². The normalized spacial score (nSPS) is 27.1. The Hall–Kier alpha value is -4.63. The van der Waals surface area contributed by atoms with Gasteiger partial charge in [0.25, 0.3) is 0 Å². The quantitative estimate of drug-likeness (QED) is 0.289. The molecule has 2 aromatic carbocycles. The fraction of sp³-hybridized carbons (Fsp3) is 0.303. The number of aromatic hydroxyl groups is 1. The van der Waals surface area contributed by atoms with Crippen LogP contribution in [0.5, 0.6) is 5.75 Å². The summed E-state index contributed by atoms with van der Waals surface area (Å²) in [6, 6.07) is 5.25. The van der Waals surface area contributed by atoms with Crippen molar-refractivity contribution >= 4 is 23.3 Å². The van der Waals surface area contributed by atoms with E-state index in [0.717, 1.165) is 0 Å². The van der Waals surface area contributed by atoms with Crippen molar-refractivity contribution in [2.75, 3.05) is 11.5 Å².